The summed E-state index contributed by atoms with van der Waals surface area (Å²) < 4.78 is 28.1. The van der Waals surface area contributed by atoms with E-state index < -0.39 is 10.0 Å². The standard InChI is InChI=1S/C12H16N4O2S/c1-9(13)10-3-5-11(6-4-10)19(17,18)15-12-7-8-16(2)14-12/h3-9H,13H2,1-2H3,(H,14,15). The highest BCUT2D eigenvalue weighted by Gasteiger charge is 2.15. The highest BCUT2D eigenvalue weighted by molar-refractivity contribution is 7.92. The van der Waals surface area contributed by atoms with Crippen molar-refractivity contribution in [2.24, 2.45) is 12.8 Å². The van der Waals surface area contributed by atoms with Gasteiger partial charge in [-0.2, -0.15) is 5.10 Å². The molecule has 0 saturated heterocycles. The van der Waals surface area contributed by atoms with Gasteiger partial charge in [0.2, 0.25) is 0 Å². The second-order valence-corrected chi connectivity index (χ2v) is 6.02. The summed E-state index contributed by atoms with van der Waals surface area (Å²) in [5.74, 6) is 0.291. The normalized spacial score (nSPS) is 13.2. The molecule has 2 rings (SSSR count). The number of aromatic nitrogens is 2. The fraction of sp³-hybridized carbons (Fsp3) is 0.250. The van der Waals surface area contributed by atoms with E-state index in [2.05, 4.69) is 9.82 Å². The average Bonchev–Trinajstić information content (AvgIpc) is 2.74. The summed E-state index contributed by atoms with van der Waals surface area (Å²) in [4.78, 5) is 0.183. The molecule has 0 aliphatic carbocycles. The first-order valence-corrected chi connectivity index (χ1v) is 7.25. The molecule has 1 aromatic heterocycles. The number of hydrogen-bond donors (Lipinski definition) is 2. The summed E-state index contributed by atoms with van der Waals surface area (Å²) in [7, 11) is -1.89. The monoisotopic (exact) mass is 280 g/mol. The summed E-state index contributed by atoms with van der Waals surface area (Å²) in [6.07, 6.45) is 1.66. The molecule has 1 atom stereocenters. The van der Waals surface area contributed by atoms with Gasteiger partial charge in [0, 0.05) is 25.4 Å². The van der Waals surface area contributed by atoms with Crippen molar-refractivity contribution in [1.29, 1.82) is 0 Å². The Bertz CT molecular complexity index is 659. The van der Waals surface area contributed by atoms with Crippen molar-refractivity contribution in [2.45, 2.75) is 17.9 Å². The minimum Gasteiger partial charge on any atom is -0.324 e. The number of sulfonamides is 1. The molecule has 0 amide bonds. The topological polar surface area (TPSA) is 90.0 Å². The van der Waals surface area contributed by atoms with Crippen LogP contribution in [0.25, 0.3) is 0 Å². The lowest BCUT2D eigenvalue weighted by Gasteiger charge is -2.08. The smallest absolute Gasteiger partial charge is 0.263 e. The van der Waals surface area contributed by atoms with Gasteiger partial charge in [-0.25, -0.2) is 8.42 Å². The zero-order chi connectivity index (χ0) is 14.0. The Morgan fingerprint density at radius 2 is 1.89 bits per heavy atom. The van der Waals surface area contributed by atoms with Crippen LogP contribution < -0.4 is 10.5 Å². The first kappa shape index (κ1) is 13.6. The second kappa shape index (κ2) is 5.02. The lowest BCUT2D eigenvalue weighted by Crippen LogP contribution is -2.14. The number of nitrogens with one attached hydrogen (secondary N) is 1. The molecule has 0 saturated carbocycles. The number of nitrogens with two attached hydrogens (primary N) is 1. The number of rotatable bonds is 4. The molecule has 0 aliphatic heterocycles. The Balaban J connectivity index is 2.24. The van der Waals surface area contributed by atoms with Crippen molar-refractivity contribution in [2.75, 3.05) is 4.72 Å². The maximum absolute atomic E-state index is 12.1. The largest absolute Gasteiger partial charge is 0.324 e. The fourth-order valence-corrected chi connectivity index (χ4v) is 2.61. The maximum Gasteiger partial charge on any atom is 0.263 e. The van der Waals surface area contributed by atoms with Crippen LogP contribution in [0.1, 0.15) is 18.5 Å². The molecule has 0 radical (unpaired) electrons. The van der Waals surface area contributed by atoms with Crippen molar-refractivity contribution in [1.82, 2.24) is 9.78 Å². The van der Waals surface area contributed by atoms with Crippen molar-refractivity contribution in [3.63, 3.8) is 0 Å². The Morgan fingerprint density at radius 1 is 1.26 bits per heavy atom. The van der Waals surface area contributed by atoms with Crippen LogP contribution in [0.2, 0.25) is 0 Å². The molecule has 19 heavy (non-hydrogen) atoms. The van der Waals surface area contributed by atoms with Crippen LogP contribution in [0.4, 0.5) is 5.82 Å². The van der Waals surface area contributed by atoms with Crippen LogP contribution in [-0.4, -0.2) is 18.2 Å². The molecule has 0 bridgehead atoms. The Kier molecular flexibility index (Phi) is 3.59. The SMILES string of the molecule is CC(N)c1ccc(S(=O)(=O)Nc2ccn(C)n2)cc1. The van der Waals surface area contributed by atoms with E-state index >= 15 is 0 Å². The van der Waals surface area contributed by atoms with Crippen molar-refractivity contribution in [3.8, 4) is 0 Å². The number of aryl methyl sites for hydroxylation is 1. The van der Waals surface area contributed by atoms with E-state index in [9.17, 15) is 8.42 Å². The number of hydrogen-bond acceptors (Lipinski definition) is 4. The molecular formula is C12H16N4O2S. The molecule has 0 fully saturated rings. The van der Waals surface area contributed by atoms with Crippen LogP contribution >= 0.6 is 0 Å². The average molecular weight is 280 g/mol. The molecule has 0 spiro atoms. The predicted molar refractivity (Wildman–Crippen MR) is 73.1 cm³/mol. The fourth-order valence-electron chi connectivity index (χ4n) is 1.62. The third-order valence-corrected chi connectivity index (χ3v) is 4.04. The van der Waals surface area contributed by atoms with E-state index in [1.807, 2.05) is 6.92 Å². The van der Waals surface area contributed by atoms with Crippen LogP contribution in [0.3, 0.4) is 0 Å². The molecule has 1 heterocycles. The number of nitrogens with zero attached hydrogens (tertiary/aromatic N) is 2. The van der Waals surface area contributed by atoms with Crippen molar-refractivity contribution < 1.29 is 8.42 Å². The summed E-state index contributed by atoms with van der Waals surface area (Å²) in [6.45, 7) is 1.84. The van der Waals surface area contributed by atoms with Gasteiger partial charge in [0.05, 0.1) is 4.90 Å². The zero-order valence-corrected chi connectivity index (χ0v) is 11.6. The molecule has 3 N–H and O–H groups in total. The highest BCUT2D eigenvalue weighted by Crippen LogP contribution is 2.17. The molecule has 6 nitrogen and oxygen atoms in total. The summed E-state index contributed by atoms with van der Waals surface area (Å²) >= 11 is 0. The van der Waals surface area contributed by atoms with Gasteiger partial charge in [-0.3, -0.25) is 9.40 Å². The van der Waals surface area contributed by atoms with Gasteiger partial charge >= 0.3 is 0 Å². The quantitative estimate of drug-likeness (QED) is 0.881. The van der Waals surface area contributed by atoms with Crippen LogP contribution in [-0.2, 0) is 17.1 Å². The van der Waals surface area contributed by atoms with E-state index in [1.54, 1.807) is 31.4 Å². The molecule has 1 unspecified atom stereocenters. The molecule has 102 valence electrons. The van der Waals surface area contributed by atoms with Gasteiger partial charge < -0.3 is 5.73 Å². The van der Waals surface area contributed by atoms with Crippen LogP contribution in [0.15, 0.2) is 41.4 Å². The Labute approximate surface area is 112 Å². The van der Waals surface area contributed by atoms with Gasteiger partial charge in [0.25, 0.3) is 10.0 Å². The first-order chi connectivity index (χ1) is 8.88. The summed E-state index contributed by atoms with van der Waals surface area (Å²) in [5, 5.41) is 3.97. The van der Waals surface area contributed by atoms with E-state index in [0.717, 1.165) is 5.56 Å². The van der Waals surface area contributed by atoms with Gasteiger partial charge in [-0.1, -0.05) is 12.1 Å². The van der Waals surface area contributed by atoms with Gasteiger partial charge in [-0.05, 0) is 24.6 Å². The first-order valence-electron chi connectivity index (χ1n) is 5.76. The lowest BCUT2D eigenvalue weighted by atomic mass is 10.1. The Hall–Kier alpha value is -1.86. The van der Waals surface area contributed by atoms with E-state index in [1.165, 1.54) is 16.8 Å². The minimum atomic E-state index is -3.61. The third kappa shape index (κ3) is 3.12. The predicted octanol–water partition coefficient (Wildman–Crippen LogP) is 1.24. The van der Waals surface area contributed by atoms with E-state index in [0.29, 0.717) is 5.82 Å². The molecule has 2 aromatic rings. The summed E-state index contributed by atoms with van der Waals surface area (Å²) in [5.41, 5.74) is 6.61. The van der Waals surface area contributed by atoms with Crippen LogP contribution in [0, 0.1) is 0 Å². The third-order valence-electron chi connectivity index (χ3n) is 2.67. The maximum atomic E-state index is 12.1. The van der Waals surface area contributed by atoms with Crippen molar-refractivity contribution in [3.05, 3.63) is 42.1 Å². The van der Waals surface area contributed by atoms with Gasteiger partial charge in [0.1, 0.15) is 0 Å². The number of benzene rings is 1. The second-order valence-electron chi connectivity index (χ2n) is 4.34. The van der Waals surface area contributed by atoms with Crippen LogP contribution in [0.5, 0.6) is 0 Å². The Morgan fingerprint density at radius 3 is 2.37 bits per heavy atom. The van der Waals surface area contributed by atoms with E-state index in [4.69, 9.17) is 5.73 Å². The highest BCUT2D eigenvalue weighted by atomic mass is 32.2. The molecule has 1 aromatic carbocycles. The molecule has 0 aliphatic rings. The lowest BCUT2D eigenvalue weighted by molar-refractivity contribution is 0.600. The zero-order valence-electron chi connectivity index (χ0n) is 10.7. The van der Waals surface area contributed by atoms with Gasteiger partial charge in [-0.15, -0.1) is 0 Å². The molecular weight excluding hydrogens is 264 g/mol. The van der Waals surface area contributed by atoms with Gasteiger partial charge in [0.15, 0.2) is 5.82 Å². The number of anilines is 1. The minimum absolute atomic E-state index is 0.125. The molecule has 7 heteroatoms. The summed E-state index contributed by atoms with van der Waals surface area (Å²) in [6, 6.07) is 7.94. The van der Waals surface area contributed by atoms with Crippen molar-refractivity contribution >= 4 is 15.8 Å². The van der Waals surface area contributed by atoms with E-state index in [-0.39, 0.29) is 10.9 Å².